The minimum absolute atomic E-state index is 0.0445. The van der Waals surface area contributed by atoms with E-state index in [9.17, 15) is 26.4 Å². The van der Waals surface area contributed by atoms with Crippen molar-refractivity contribution in [3.05, 3.63) is 59.9 Å². The molecule has 0 radical (unpaired) electrons. The number of amides is 1. The molecule has 2 rings (SSSR count). The van der Waals surface area contributed by atoms with E-state index in [1.165, 1.54) is 12.1 Å². The summed E-state index contributed by atoms with van der Waals surface area (Å²) in [5, 5.41) is 1.99. The van der Waals surface area contributed by atoms with Crippen molar-refractivity contribution in [1.29, 1.82) is 0 Å². The average molecular weight is 358 g/mol. The Morgan fingerprint density at radius 3 is 2.08 bits per heavy atom. The van der Waals surface area contributed by atoms with Gasteiger partial charge in [-0.25, -0.2) is 21.6 Å². The zero-order chi connectivity index (χ0) is 17.9. The fourth-order valence-electron chi connectivity index (χ4n) is 1.93. The molecule has 1 amide bonds. The van der Waals surface area contributed by atoms with E-state index in [-0.39, 0.29) is 5.69 Å². The first-order chi connectivity index (χ1) is 11.2. The van der Waals surface area contributed by atoms with E-state index in [0.29, 0.717) is 4.31 Å². The van der Waals surface area contributed by atoms with Crippen LogP contribution >= 0.6 is 0 Å². The molecular formula is C15H13F3N2O3S. The van der Waals surface area contributed by atoms with Gasteiger partial charge in [0.05, 0.1) is 11.9 Å². The molecule has 5 nitrogen and oxygen atoms in total. The Bertz CT molecular complexity index is 835. The molecule has 24 heavy (non-hydrogen) atoms. The third-order valence-electron chi connectivity index (χ3n) is 3.03. The summed E-state index contributed by atoms with van der Waals surface area (Å²) in [5.41, 5.74) is -0.627. The molecule has 0 aliphatic rings. The highest BCUT2D eigenvalue weighted by Gasteiger charge is 2.22. The number of para-hydroxylation sites is 1. The van der Waals surface area contributed by atoms with Crippen LogP contribution in [-0.2, 0) is 14.8 Å². The van der Waals surface area contributed by atoms with Gasteiger partial charge in [0.1, 0.15) is 29.7 Å². The van der Waals surface area contributed by atoms with Crippen LogP contribution in [0, 0.1) is 17.5 Å². The van der Waals surface area contributed by atoms with Crippen molar-refractivity contribution in [2.75, 3.05) is 22.4 Å². The highest BCUT2D eigenvalue weighted by Crippen LogP contribution is 2.20. The predicted octanol–water partition coefficient (Wildman–Crippen LogP) is 2.51. The van der Waals surface area contributed by atoms with Gasteiger partial charge < -0.3 is 5.32 Å². The first-order valence-corrected chi connectivity index (χ1v) is 8.50. The second-order valence-corrected chi connectivity index (χ2v) is 6.80. The maximum atomic E-state index is 13.5. The SMILES string of the molecule is CS(=O)(=O)N(CC(=O)Nc1c(F)cccc1F)c1ccc(F)cc1. The quantitative estimate of drug-likeness (QED) is 0.893. The van der Waals surface area contributed by atoms with Gasteiger partial charge in [-0.15, -0.1) is 0 Å². The standard InChI is InChI=1S/C15H13F3N2O3S/c1-24(22,23)20(11-7-5-10(16)6-8-11)9-14(21)19-15-12(17)3-2-4-13(15)18/h2-8H,9H2,1H3,(H,19,21). The van der Waals surface area contributed by atoms with Crippen LogP contribution in [0.2, 0.25) is 0 Å². The Kier molecular flexibility index (Phi) is 5.13. The molecular weight excluding hydrogens is 345 g/mol. The Morgan fingerprint density at radius 2 is 1.58 bits per heavy atom. The highest BCUT2D eigenvalue weighted by molar-refractivity contribution is 7.92. The zero-order valence-electron chi connectivity index (χ0n) is 12.5. The summed E-state index contributed by atoms with van der Waals surface area (Å²) in [6.45, 7) is -0.724. The van der Waals surface area contributed by atoms with Gasteiger partial charge in [-0.3, -0.25) is 9.10 Å². The topological polar surface area (TPSA) is 66.5 Å². The van der Waals surface area contributed by atoms with Gasteiger partial charge in [-0.05, 0) is 36.4 Å². The number of hydrogen-bond donors (Lipinski definition) is 1. The summed E-state index contributed by atoms with van der Waals surface area (Å²) in [4.78, 5) is 12.0. The third-order valence-corrected chi connectivity index (χ3v) is 4.17. The van der Waals surface area contributed by atoms with Gasteiger partial charge >= 0.3 is 0 Å². The maximum Gasteiger partial charge on any atom is 0.245 e. The fraction of sp³-hybridized carbons (Fsp3) is 0.133. The molecule has 0 aromatic heterocycles. The van der Waals surface area contributed by atoms with Gasteiger partial charge in [0.15, 0.2) is 0 Å². The Balaban J connectivity index is 2.24. The van der Waals surface area contributed by atoms with E-state index < -0.39 is 45.6 Å². The monoisotopic (exact) mass is 358 g/mol. The van der Waals surface area contributed by atoms with Crippen molar-refractivity contribution in [3.8, 4) is 0 Å². The summed E-state index contributed by atoms with van der Waals surface area (Å²) in [6.07, 6.45) is 0.854. The Hall–Kier alpha value is -2.55. The number of halogens is 3. The van der Waals surface area contributed by atoms with Crippen LogP contribution in [0.15, 0.2) is 42.5 Å². The van der Waals surface area contributed by atoms with Gasteiger partial charge in [0.25, 0.3) is 0 Å². The smallest absolute Gasteiger partial charge is 0.245 e. The van der Waals surface area contributed by atoms with Gasteiger partial charge in [0, 0.05) is 0 Å². The molecule has 1 N–H and O–H groups in total. The zero-order valence-corrected chi connectivity index (χ0v) is 13.3. The molecule has 0 saturated heterocycles. The number of nitrogens with zero attached hydrogens (tertiary/aromatic N) is 1. The molecule has 0 heterocycles. The van der Waals surface area contributed by atoms with Crippen molar-refractivity contribution in [2.45, 2.75) is 0 Å². The molecule has 9 heteroatoms. The number of anilines is 2. The molecule has 0 unspecified atom stereocenters. The van der Waals surface area contributed by atoms with Gasteiger partial charge in [-0.1, -0.05) is 6.07 Å². The Labute approximate surface area is 136 Å². The molecule has 128 valence electrons. The van der Waals surface area contributed by atoms with Crippen LogP contribution < -0.4 is 9.62 Å². The second-order valence-electron chi connectivity index (χ2n) is 4.89. The van der Waals surface area contributed by atoms with Crippen LogP contribution in [-0.4, -0.2) is 27.1 Å². The van der Waals surface area contributed by atoms with Crippen molar-refractivity contribution in [3.63, 3.8) is 0 Å². The van der Waals surface area contributed by atoms with Crippen molar-refractivity contribution in [1.82, 2.24) is 0 Å². The summed E-state index contributed by atoms with van der Waals surface area (Å²) >= 11 is 0. The van der Waals surface area contributed by atoms with E-state index >= 15 is 0 Å². The van der Waals surface area contributed by atoms with Crippen LogP contribution in [0.5, 0.6) is 0 Å². The Morgan fingerprint density at radius 1 is 1.04 bits per heavy atom. The largest absolute Gasteiger partial charge is 0.320 e. The predicted molar refractivity (Wildman–Crippen MR) is 83.6 cm³/mol. The minimum Gasteiger partial charge on any atom is -0.320 e. The van der Waals surface area contributed by atoms with E-state index in [4.69, 9.17) is 0 Å². The van der Waals surface area contributed by atoms with E-state index in [1.54, 1.807) is 0 Å². The van der Waals surface area contributed by atoms with Crippen LogP contribution in [0.4, 0.5) is 24.5 Å². The average Bonchev–Trinajstić information content (AvgIpc) is 2.49. The summed E-state index contributed by atoms with van der Waals surface area (Å²) in [6, 6.07) is 7.44. The lowest BCUT2D eigenvalue weighted by atomic mass is 10.3. The van der Waals surface area contributed by atoms with Crippen molar-refractivity contribution in [2.24, 2.45) is 0 Å². The molecule has 2 aromatic rings. The van der Waals surface area contributed by atoms with E-state index in [2.05, 4.69) is 0 Å². The first-order valence-electron chi connectivity index (χ1n) is 6.65. The fourth-order valence-corrected chi connectivity index (χ4v) is 2.79. The maximum absolute atomic E-state index is 13.5. The number of rotatable bonds is 5. The molecule has 0 aliphatic carbocycles. The van der Waals surface area contributed by atoms with Crippen LogP contribution in [0.1, 0.15) is 0 Å². The van der Waals surface area contributed by atoms with E-state index in [0.717, 1.165) is 36.6 Å². The normalized spacial score (nSPS) is 11.2. The minimum atomic E-state index is -3.88. The van der Waals surface area contributed by atoms with E-state index in [1.807, 2.05) is 5.32 Å². The molecule has 0 bridgehead atoms. The molecule has 0 atom stereocenters. The van der Waals surface area contributed by atoms with Crippen LogP contribution in [0.25, 0.3) is 0 Å². The molecule has 2 aromatic carbocycles. The number of nitrogens with one attached hydrogen (secondary N) is 1. The lowest BCUT2D eigenvalue weighted by Crippen LogP contribution is -2.37. The first kappa shape index (κ1) is 17.8. The molecule has 0 spiro atoms. The van der Waals surface area contributed by atoms with Gasteiger partial charge in [-0.2, -0.15) is 0 Å². The summed E-state index contributed by atoms with van der Waals surface area (Å²) in [7, 11) is -3.88. The van der Waals surface area contributed by atoms with Crippen molar-refractivity contribution < 1.29 is 26.4 Å². The lowest BCUT2D eigenvalue weighted by Gasteiger charge is -2.22. The van der Waals surface area contributed by atoms with Gasteiger partial charge in [0.2, 0.25) is 15.9 Å². The second kappa shape index (κ2) is 6.91. The summed E-state index contributed by atoms with van der Waals surface area (Å²) in [5.74, 6) is -3.51. The number of sulfonamides is 1. The number of carbonyl (C=O) groups excluding carboxylic acids is 1. The molecule has 0 fully saturated rings. The third kappa shape index (κ3) is 4.25. The molecule has 0 saturated carbocycles. The van der Waals surface area contributed by atoms with Crippen molar-refractivity contribution >= 4 is 27.3 Å². The number of hydrogen-bond acceptors (Lipinski definition) is 3. The van der Waals surface area contributed by atoms with Crippen LogP contribution in [0.3, 0.4) is 0 Å². The highest BCUT2D eigenvalue weighted by atomic mass is 32.2. The molecule has 0 aliphatic heterocycles. The lowest BCUT2D eigenvalue weighted by molar-refractivity contribution is -0.114. The number of carbonyl (C=O) groups is 1. The number of benzene rings is 2. The summed E-state index contributed by atoms with van der Waals surface area (Å²) < 4.78 is 64.4.